The third kappa shape index (κ3) is 5.84. The summed E-state index contributed by atoms with van der Waals surface area (Å²) in [6.45, 7) is 3.81. The number of unbranched alkanes of at least 4 members (excludes halogenated alkanes) is 1. The van der Waals surface area contributed by atoms with Gasteiger partial charge in [-0.05, 0) is 54.3 Å². The number of rotatable bonds is 8. The van der Waals surface area contributed by atoms with E-state index in [0.29, 0.717) is 23.4 Å². The maximum atomic E-state index is 12.7. The van der Waals surface area contributed by atoms with Gasteiger partial charge in [0.2, 0.25) is 0 Å². The number of furan rings is 1. The average molecular weight is 508 g/mol. The molecule has 0 unspecified atom stereocenters. The molecule has 0 aliphatic rings. The second kappa shape index (κ2) is 10.5. The van der Waals surface area contributed by atoms with Gasteiger partial charge in [-0.1, -0.05) is 73.5 Å². The van der Waals surface area contributed by atoms with Gasteiger partial charge < -0.3 is 4.42 Å². The summed E-state index contributed by atoms with van der Waals surface area (Å²) in [6.07, 6.45) is 3.48. The van der Waals surface area contributed by atoms with Crippen molar-refractivity contribution in [2.24, 2.45) is 0 Å². The molecule has 0 aliphatic heterocycles. The normalized spacial score (nSPS) is 11.9. The Hall–Kier alpha value is -3.35. The molecular formula is C28H26ClNO4S. The van der Waals surface area contributed by atoms with Crippen molar-refractivity contribution in [3.05, 3.63) is 106 Å². The van der Waals surface area contributed by atoms with Crippen LogP contribution >= 0.6 is 11.6 Å². The molecule has 0 fully saturated rings. The topological polar surface area (TPSA) is 76.4 Å². The summed E-state index contributed by atoms with van der Waals surface area (Å²) in [5.41, 5.74) is 4.79. The molecule has 4 rings (SSSR count). The SMILES string of the molecule is CCCC=CS(=O)(=O)NC(=O)c1ccc2oc(C)c(Cc3ccc(-c4ccccc4)cc3Cl)c2c1. The molecule has 0 atom stereocenters. The largest absolute Gasteiger partial charge is 0.461 e. The molecule has 1 amide bonds. The van der Waals surface area contributed by atoms with Crippen LogP contribution in [0.4, 0.5) is 0 Å². The fraction of sp³-hybridized carbons (Fsp3) is 0.179. The predicted octanol–water partition coefficient (Wildman–Crippen LogP) is 7.03. The Labute approximate surface area is 210 Å². The number of carbonyl (C=O) groups excluding carboxylic acids is 1. The highest BCUT2D eigenvalue weighted by molar-refractivity contribution is 7.92. The van der Waals surface area contributed by atoms with E-state index in [4.69, 9.17) is 16.0 Å². The fourth-order valence-corrected chi connectivity index (χ4v) is 4.99. The number of hydrogen-bond acceptors (Lipinski definition) is 4. The molecule has 0 bridgehead atoms. The zero-order valence-corrected chi connectivity index (χ0v) is 21.1. The Morgan fingerprint density at radius 1 is 1.03 bits per heavy atom. The monoisotopic (exact) mass is 507 g/mol. The van der Waals surface area contributed by atoms with Crippen LogP contribution in [0.5, 0.6) is 0 Å². The first kappa shape index (κ1) is 24.8. The van der Waals surface area contributed by atoms with Gasteiger partial charge in [-0.3, -0.25) is 4.79 Å². The fourth-order valence-electron chi connectivity index (χ4n) is 3.91. The van der Waals surface area contributed by atoms with Gasteiger partial charge in [-0.2, -0.15) is 0 Å². The molecule has 180 valence electrons. The molecule has 0 saturated heterocycles. The first-order valence-electron chi connectivity index (χ1n) is 11.4. The molecule has 4 aromatic rings. The highest BCUT2D eigenvalue weighted by atomic mass is 35.5. The molecule has 1 N–H and O–H groups in total. The lowest BCUT2D eigenvalue weighted by Crippen LogP contribution is -2.28. The number of halogens is 1. The molecule has 0 aliphatic carbocycles. The lowest BCUT2D eigenvalue weighted by molar-refractivity contribution is 0.0982. The van der Waals surface area contributed by atoms with Crippen LogP contribution in [0.15, 0.2) is 82.6 Å². The summed E-state index contributed by atoms with van der Waals surface area (Å²) in [5, 5.41) is 2.41. The van der Waals surface area contributed by atoms with Gasteiger partial charge in [-0.25, -0.2) is 13.1 Å². The third-order valence-corrected chi connectivity index (χ3v) is 7.12. The van der Waals surface area contributed by atoms with Crippen LogP contribution in [0.3, 0.4) is 0 Å². The van der Waals surface area contributed by atoms with Gasteiger partial charge in [0.05, 0.1) is 0 Å². The first-order chi connectivity index (χ1) is 16.8. The highest BCUT2D eigenvalue weighted by Gasteiger charge is 2.18. The molecule has 35 heavy (non-hydrogen) atoms. The van der Waals surface area contributed by atoms with Crippen molar-refractivity contribution in [1.29, 1.82) is 0 Å². The lowest BCUT2D eigenvalue weighted by atomic mass is 9.98. The number of allylic oxidation sites excluding steroid dienone is 1. The molecule has 3 aromatic carbocycles. The first-order valence-corrected chi connectivity index (χ1v) is 13.3. The summed E-state index contributed by atoms with van der Waals surface area (Å²) < 4.78 is 32.4. The number of aryl methyl sites for hydroxylation is 1. The van der Waals surface area contributed by atoms with Crippen LogP contribution in [0.2, 0.25) is 5.02 Å². The van der Waals surface area contributed by atoms with E-state index >= 15 is 0 Å². The molecule has 5 nitrogen and oxygen atoms in total. The summed E-state index contributed by atoms with van der Waals surface area (Å²) in [4.78, 5) is 12.7. The standard InChI is InChI=1S/C28H26ClNO4S/c1-3-4-8-15-35(32,33)30-28(31)23-13-14-27-25(17-23)24(19(2)34-27)16-22-12-11-21(18-26(22)29)20-9-6-5-7-10-20/h5-15,17-18H,3-4,16H2,1-2H3,(H,30,31). The summed E-state index contributed by atoms with van der Waals surface area (Å²) in [7, 11) is -3.86. The van der Waals surface area contributed by atoms with Crippen LogP contribution in [0.25, 0.3) is 22.1 Å². The maximum Gasteiger partial charge on any atom is 0.265 e. The van der Waals surface area contributed by atoms with E-state index in [1.165, 1.54) is 6.08 Å². The van der Waals surface area contributed by atoms with Crippen LogP contribution in [-0.4, -0.2) is 14.3 Å². The van der Waals surface area contributed by atoms with E-state index in [1.54, 1.807) is 18.2 Å². The molecule has 0 saturated carbocycles. The number of benzene rings is 3. The second-order valence-corrected chi connectivity index (χ2v) is 10.3. The molecule has 0 spiro atoms. The molecular weight excluding hydrogens is 482 g/mol. The van der Waals surface area contributed by atoms with Crippen molar-refractivity contribution >= 4 is 38.5 Å². The Kier molecular flexibility index (Phi) is 7.43. The number of amides is 1. The van der Waals surface area contributed by atoms with Gasteiger partial charge in [0.15, 0.2) is 0 Å². The van der Waals surface area contributed by atoms with Crippen molar-refractivity contribution in [3.63, 3.8) is 0 Å². The smallest absolute Gasteiger partial charge is 0.265 e. The summed E-state index contributed by atoms with van der Waals surface area (Å²) in [5.74, 6) is 0.0268. The highest BCUT2D eigenvalue weighted by Crippen LogP contribution is 2.32. The molecule has 0 radical (unpaired) electrons. The molecule has 7 heteroatoms. The van der Waals surface area contributed by atoms with Crippen LogP contribution in [-0.2, 0) is 16.4 Å². The van der Waals surface area contributed by atoms with E-state index < -0.39 is 15.9 Å². The van der Waals surface area contributed by atoms with E-state index in [9.17, 15) is 13.2 Å². The Bertz CT molecular complexity index is 1510. The number of nitrogens with one attached hydrogen (secondary N) is 1. The van der Waals surface area contributed by atoms with Crippen LogP contribution < -0.4 is 4.72 Å². The van der Waals surface area contributed by atoms with Crippen LogP contribution in [0.1, 0.15) is 47.0 Å². The van der Waals surface area contributed by atoms with Crippen molar-refractivity contribution in [2.45, 2.75) is 33.1 Å². The lowest BCUT2D eigenvalue weighted by Gasteiger charge is -2.08. The predicted molar refractivity (Wildman–Crippen MR) is 141 cm³/mol. The minimum Gasteiger partial charge on any atom is -0.461 e. The Balaban J connectivity index is 1.61. The number of fused-ring (bicyclic) bond motifs is 1. The van der Waals surface area contributed by atoms with Crippen LogP contribution in [0, 0.1) is 6.92 Å². The van der Waals surface area contributed by atoms with Gasteiger partial charge in [0.25, 0.3) is 15.9 Å². The van der Waals surface area contributed by atoms with Gasteiger partial charge in [0, 0.05) is 33.4 Å². The van der Waals surface area contributed by atoms with E-state index in [1.807, 2.05) is 62.4 Å². The Morgan fingerprint density at radius 2 is 1.80 bits per heavy atom. The van der Waals surface area contributed by atoms with Gasteiger partial charge >= 0.3 is 0 Å². The average Bonchev–Trinajstić information content (AvgIpc) is 3.14. The molecule has 1 aromatic heterocycles. The van der Waals surface area contributed by atoms with Gasteiger partial charge in [-0.15, -0.1) is 0 Å². The minimum atomic E-state index is -3.86. The maximum absolute atomic E-state index is 12.7. The van der Waals surface area contributed by atoms with Crippen molar-refractivity contribution in [2.75, 3.05) is 0 Å². The van der Waals surface area contributed by atoms with E-state index in [2.05, 4.69) is 4.72 Å². The van der Waals surface area contributed by atoms with E-state index in [-0.39, 0.29) is 5.56 Å². The van der Waals surface area contributed by atoms with Crippen molar-refractivity contribution < 1.29 is 17.6 Å². The van der Waals surface area contributed by atoms with Crippen molar-refractivity contribution in [3.8, 4) is 11.1 Å². The Morgan fingerprint density at radius 3 is 2.51 bits per heavy atom. The number of carbonyl (C=O) groups is 1. The number of hydrogen-bond donors (Lipinski definition) is 1. The quantitative estimate of drug-likeness (QED) is 0.278. The van der Waals surface area contributed by atoms with E-state index in [0.717, 1.165) is 45.2 Å². The third-order valence-electron chi connectivity index (χ3n) is 5.75. The zero-order valence-electron chi connectivity index (χ0n) is 19.5. The summed E-state index contributed by atoms with van der Waals surface area (Å²) in [6, 6.07) is 20.9. The zero-order chi connectivity index (χ0) is 25.0. The minimum absolute atomic E-state index is 0.234. The summed E-state index contributed by atoms with van der Waals surface area (Å²) >= 11 is 6.64. The second-order valence-electron chi connectivity index (χ2n) is 8.33. The number of sulfonamides is 1. The van der Waals surface area contributed by atoms with Gasteiger partial charge in [0.1, 0.15) is 11.3 Å². The van der Waals surface area contributed by atoms with Crippen molar-refractivity contribution in [1.82, 2.24) is 4.72 Å². The molecule has 1 heterocycles.